The summed E-state index contributed by atoms with van der Waals surface area (Å²) in [7, 11) is 3.91. The van der Waals surface area contributed by atoms with E-state index in [9.17, 15) is 0 Å². The first-order chi connectivity index (χ1) is 8.77. The van der Waals surface area contributed by atoms with Gasteiger partial charge in [0, 0.05) is 52.9 Å². The zero-order chi connectivity index (χ0) is 13.2. The molecule has 1 rings (SSSR count). The van der Waals surface area contributed by atoms with Crippen molar-refractivity contribution in [3.05, 3.63) is 0 Å². The van der Waals surface area contributed by atoms with Crippen molar-refractivity contribution in [2.24, 2.45) is 10.9 Å². The Balaban J connectivity index is 0.00000324. The van der Waals surface area contributed by atoms with Crippen molar-refractivity contribution < 1.29 is 9.47 Å². The Morgan fingerprint density at radius 2 is 2.32 bits per heavy atom. The summed E-state index contributed by atoms with van der Waals surface area (Å²) in [5.41, 5.74) is 0. The molecule has 0 saturated carbocycles. The summed E-state index contributed by atoms with van der Waals surface area (Å²) in [5, 5.41) is 3.36. The van der Waals surface area contributed by atoms with Gasteiger partial charge in [-0.2, -0.15) is 0 Å². The van der Waals surface area contributed by atoms with Crippen LogP contribution in [0.5, 0.6) is 0 Å². The van der Waals surface area contributed by atoms with Crippen molar-refractivity contribution in [2.75, 3.05) is 53.6 Å². The molecule has 1 heterocycles. The largest absolute Gasteiger partial charge is 0.382 e. The molecule has 6 heteroatoms. The first-order valence-corrected chi connectivity index (χ1v) is 6.85. The summed E-state index contributed by atoms with van der Waals surface area (Å²) in [6, 6.07) is 0. The Morgan fingerprint density at radius 1 is 1.53 bits per heavy atom. The molecule has 0 amide bonds. The predicted octanol–water partition coefficient (Wildman–Crippen LogP) is 1.57. The van der Waals surface area contributed by atoms with Gasteiger partial charge in [0.25, 0.3) is 0 Å². The highest BCUT2D eigenvalue weighted by Gasteiger charge is 2.18. The molecule has 114 valence electrons. The van der Waals surface area contributed by atoms with Gasteiger partial charge in [0.1, 0.15) is 0 Å². The van der Waals surface area contributed by atoms with Crippen LogP contribution in [0, 0.1) is 5.92 Å². The minimum atomic E-state index is 0. The van der Waals surface area contributed by atoms with Crippen LogP contribution in [0.15, 0.2) is 4.99 Å². The van der Waals surface area contributed by atoms with Crippen LogP contribution >= 0.6 is 24.0 Å². The summed E-state index contributed by atoms with van der Waals surface area (Å²) in [5.74, 6) is 1.59. The molecule has 1 N–H and O–H groups in total. The Morgan fingerprint density at radius 3 is 2.89 bits per heavy atom. The van der Waals surface area contributed by atoms with Crippen LogP contribution in [-0.2, 0) is 9.47 Å². The van der Waals surface area contributed by atoms with E-state index in [4.69, 9.17) is 9.47 Å². The van der Waals surface area contributed by atoms with Gasteiger partial charge in [0.15, 0.2) is 5.96 Å². The van der Waals surface area contributed by atoms with Gasteiger partial charge in [-0.15, -0.1) is 24.0 Å². The Hall–Kier alpha value is -0.0800. The molecule has 1 aliphatic heterocycles. The van der Waals surface area contributed by atoms with Crippen LogP contribution in [0.1, 0.15) is 19.8 Å². The maximum Gasteiger partial charge on any atom is 0.193 e. The van der Waals surface area contributed by atoms with Crippen molar-refractivity contribution in [1.29, 1.82) is 0 Å². The van der Waals surface area contributed by atoms with Gasteiger partial charge in [-0.25, -0.2) is 0 Å². The Bertz CT molecular complexity index is 246. The fourth-order valence-electron chi connectivity index (χ4n) is 2.10. The lowest BCUT2D eigenvalue weighted by Gasteiger charge is -2.24. The summed E-state index contributed by atoms with van der Waals surface area (Å²) in [6.07, 6.45) is 2.17. The van der Waals surface area contributed by atoms with E-state index in [2.05, 4.69) is 22.3 Å². The molecule has 1 unspecified atom stereocenters. The second kappa shape index (κ2) is 11.7. The summed E-state index contributed by atoms with van der Waals surface area (Å²) in [4.78, 5) is 6.48. The molecule has 0 bridgehead atoms. The van der Waals surface area contributed by atoms with Crippen molar-refractivity contribution in [3.63, 3.8) is 0 Å². The number of aliphatic imine (C=N–C) groups is 1. The van der Waals surface area contributed by atoms with Crippen LogP contribution in [0.2, 0.25) is 0 Å². The van der Waals surface area contributed by atoms with Crippen LogP contribution in [0.25, 0.3) is 0 Å². The number of hydrogen-bond donors (Lipinski definition) is 1. The maximum absolute atomic E-state index is 5.39. The Kier molecular flexibility index (Phi) is 11.7. The molecule has 1 fully saturated rings. The third-order valence-electron chi connectivity index (χ3n) is 3.08. The van der Waals surface area contributed by atoms with Gasteiger partial charge in [-0.05, 0) is 19.8 Å². The zero-order valence-electron chi connectivity index (χ0n) is 12.4. The van der Waals surface area contributed by atoms with Crippen LogP contribution in [0.4, 0.5) is 0 Å². The minimum absolute atomic E-state index is 0. The second-order valence-electron chi connectivity index (χ2n) is 4.63. The van der Waals surface area contributed by atoms with Crippen LogP contribution < -0.4 is 5.32 Å². The molecule has 1 saturated heterocycles. The molecule has 19 heavy (non-hydrogen) atoms. The van der Waals surface area contributed by atoms with Gasteiger partial charge in [0.05, 0.1) is 6.61 Å². The molecule has 0 spiro atoms. The van der Waals surface area contributed by atoms with Crippen LogP contribution in [0.3, 0.4) is 0 Å². The SMILES string of the molecule is CCOCCCNC(=NC)N(C)CC1CCOC1.I. The van der Waals surface area contributed by atoms with Crippen LogP contribution in [-0.4, -0.2) is 64.5 Å². The van der Waals surface area contributed by atoms with Gasteiger partial charge < -0.3 is 19.7 Å². The summed E-state index contributed by atoms with van der Waals surface area (Å²) in [6.45, 7) is 7.30. The molecule has 0 aromatic heterocycles. The maximum atomic E-state index is 5.39. The molecule has 0 aliphatic carbocycles. The standard InChI is InChI=1S/C13H27N3O2.HI/c1-4-17-8-5-7-15-13(14-2)16(3)10-12-6-9-18-11-12;/h12H,4-11H2,1-3H3,(H,14,15);1H. The van der Waals surface area contributed by atoms with Crippen molar-refractivity contribution in [2.45, 2.75) is 19.8 Å². The van der Waals surface area contributed by atoms with Crippen molar-refractivity contribution in [3.8, 4) is 0 Å². The fourth-order valence-corrected chi connectivity index (χ4v) is 2.10. The molecular formula is C13H28IN3O2. The first-order valence-electron chi connectivity index (χ1n) is 6.85. The topological polar surface area (TPSA) is 46.1 Å². The highest BCUT2D eigenvalue weighted by molar-refractivity contribution is 14.0. The van der Waals surface area contributed by atoms with Gasteiger partial charge in [0.2, 0.25) is 0 Å². The fraction of sp³-hybridized carbons (Fsp3) is 0.923. The highest BCUT2D eigenvalue weighted by atomic mass is 127. The molecule has 0 aromatic carbocycles. The zero-order valence-corrected chi connectivity index (χ0v) is 14.7. The molecule has 1 aliphatic rings. The Labute approximate surface area is 134 Å². The first kappa shape index (κ1) is 18.9. The van der Waals surface area contributed by atoms with Crippen molar-refractivity contribution >= 4 is 29.9 Å². The lowest BCUT2D eigenvalue weighted by atomic mass is 10.1. The predicted molar refractivity (Wildman–Crippen MR) is 89.4 cm³/mol. The van der Waals surface area contributed by atoms with E-state index in [1.165, 1.54) is 0 Å². The lowest BCUT2D eigenvalue weighted by Crippen LogP contribution is -2.42. The van der Waals surface area contributed by atoms with E-state index in [0.717, 1.165) is 58.3 Å². The number of rotatable bonds is 7. The van der Waals surface area contributed by atoms with Crippen molar-refractivity contribution in [1.82, 2.24) is 10.2 Å². The molecule has 5 nitrogen and oxygen atoms in total. The third kappa shape index (κ3) is 7.94. The molecule has 0 aromatic rings. The number of hydrogen-bond acceptors (Lipinski definition) is 3. The number of halogens is 1. The normalized spacial score (nSPS) is 19.1. The van der Waals surface area contributed by atoms with Gasteiger partial charge in [-0.3, -0.25) is 4.99 Å². The smallest absolute Gasteiger partial charge is 0.193 e. The van der Waals surface area contributed by atoms with Gasteiger partial charge in [-0.1, -0.05) is 0 Å². The molecular weight excluding hydrogens is 357 g/mol. The van der Waals surface area contributed by atoms with Gasteiger partial charge >= 0.3 is 0 Å². The molecule has 1 atom stereocenters. The van der Waals surface area contributed by atoms with E-state index in [0.29, 0.717) is 5.92 Å². The van der Waals surface area contributed by atoms with E-state index < -0.39 is 0 Å². The summed E-state index contributed by atoms with van der Waals surface area (Å²) >= 11 is 0. The monoisotopic (exact) mass is 385 g/mol. The number of nitrogens with zero attached hydrogens (tertiary/aromatic N) is 2. The average Bonchev–Trinajstić information content (AvgIpc) is 2.86. The molecule has 0 radical (unpaired) electrons. The third-order valence-corrected chi connectivity index (χ3v) is 3.08. The minimum Gasteiger partial charge on any atom is -0.382 e. The highest BCUT2D eigenvalue weighted by Crippen LogP contribution is 2.13. The average molecular weight is 385 g/mol. The second-order valence-corrected chi connectivity index (χ2v) is 4.63. The number of guanidine groups is 1. The quantitative estimate of drug-likeness (QED) is 0.313. The van der Waals surface area contributed by atoms with E-state index in [1.54, 1.807) is 0 Å². The summed E-state index contributed by atoms with van der Waals surface area (Å²) < 4.78 is 10.7. The van der Waals surface area contributed by atoms with E-state index in [1.807, 2.05) is 14.0 Å². The van der Waals surface area contributed by atoms with E-state index in [-0.39, 0.29) is 24.0 Å². The number of nitrogens with one attached hydrogen (secondary N) is 1. The number of ether oxygens (including phenoxy) is 2. The van der Waals surface area contributed by atoms with E-state index >= 15 is 0 Å². The lowest BCUT2D eigenvalue weighted by molar-refractivity contribution is 0.145.